The zero-order chi connectivity index (χ0) is 12.7. The summed E-state index contributed by atoms with van der Waals surface area (Å²) in [4.78, 5) is 13.7. The molecular formula is C11H8FN3O2. The van der Waals surface area contributed by atoms with E-state index in [2.05, 4.69) is 26.6 Å². The lowest BCUT2D eigenvalue weighted by Gasteiger charge is -2.01. The predicted octanol–water partition coefficient (Wildman–Crippen LogP) is 2.27. The molecule has 0 aliphatic carbocycles. The third-order valence-electron chi connectivity index (χ3n) is 1.84. The van der Waals surface area contributed by atoms with Crippen molar-refractivity contribution in [2.24, 2.45) is 5.11 Å². The Kier molecular flexibility index (Phi) is 4.55. The summed E-state index contributed by atoms with van der Waals surface area (Å²) in [6.45, 7) is -0.0572. The van der Waals surface area contributed by atoms with E-state index in [4.69, 9.17) is 5.53 Å². The summed E-state index contributed by atoms with van der Waals surface area (Å²) >= 11 is 0. The Balaban J connectivity index is 3.04. The molecule has 0 aromatic heterocycles. The van der Waals surface area contributed by atoms with E-state index in [1.807, 2.05) is 0 Å². The van der Waals surface area contributed by atoms with Crippen LogP contribution in [0.25, 0.3) is 10.4 Å². The molecule has 1 aromatic rings. The van der Waals surface area contributed by atoms with Crippen molar-refractivity contribution in [3.8, 4) is 11.8 Å². The van der Waals surface area contributed by atoms with E-state index in [1.165, 1.54) is 25.3 Å². The minimum atomic E-state index is -0.763. The van der Waals surface area contributed by atoms with Gasteiger partial charge in [-0.25, -0.2) is 9.18 Å². The third kappa shape index (κ3) is 3.23. The molecule has 0 saturated carbocycles. The number of methoxy groups -OCH3 is 1. The molecule has 0 aliphatic rings. The van der Waals surface area contributed by atoms with Gasteiger partial charge in [0.15, 0.2) is 5.82 Å². The lowest BCUT2D eigenvalue weighted by molar-refractivity contribution is 0.0595. The first-order valence-electron chi connectivity index (χ1n) is 4.57. The minimum absolute atomic E-state index is 0.0565. The molecule has 0 amide bonds. The van der Waals surface area contributed by atoms with Crippen LogP contribution in [0, 0.1) is 17.7 Å². The van der Waals surface area contributed by atoms with Gasteiger partial charge in [-0.3, -0.25) is 0 Å². The summed E-state index contributed by atoms with van der Waals surface area (Å²) in [7, 11) is 1.17. The van der Waals surface area contributed by atoms with Crippen molar-refractivity contribution in [2.75, 3.05) is 13.7 Å². The van der Waals surface area contributed by atoms with Crippen molar-refractivity contribution in [1.29, 1.82) is 0 Å². The molecule has 86 valence electrons. The van der Waals surface area contributed by atoms with Gasteiger partial charge in [0.1, 0.15) is 0 Å². The van der Waals surface area contributed by atoms with Crippen molar-refractivity contribution in [1.82, 2.24) is 0 Å². The Bertz CT molecular complexity index is 539. The van der Waals surface area contributed by atoms with Crippen molar-refractivity contribution in [3.63, 3.8) is 0 Å². The highest BCUT2D eigenvalue weighted by molar-refractivity contribution is 5.90. The summed E-state index contributed by atoms with van der Waals surface area (Å²) < 4.78 is 18.1. The maximum absolute atomic E-state index is 13.7. The van der Waals surface area contributed by atoms with E-state index in [0.717, 1.165) is 0 Å². The van der Waals surface area contributed by atoms with E-state index >= 15 is 0 Å². The maximum Gasteiger partial charge on any atom is 0.340 e. The Hall–Kier alpha value is -2.51. The van der Waals surface area contributed by atoms with Crippen molar-refractivity contribution >= 4 is 5.97 Å². The molecule has 0 N–H and O–H groups in total. The van der Waals surface area contributed by atoms with Gasteiger partial charge in [-0.15, -0.1) is 0 Å². The Morgan fingerprint density at radius 3 is 3.06 bits per heavy atom. The largest absolute Gasteiger partial charge is 0.465 e. The highest BCUT2D eigenvalue weighted by Crippen LogP contribution is 2.12. The molecule has 17 heavy (non-hydrogen) atoms. The van der Waals surface area contributed by atoms with Crippen LogP contribution in [-0.4, -0.2) is 19.6 Å². The lowest BCUT2D eigenvalue weighted by atomic mass is 10.1. The van der Waals surface area contributed by atoms with Crippen LogP contribution < -0.4 is 0 Å². The van der Waals surface area contributed by atoms with Crippen LogP contribution in [0.5, 0.6) is 0 Å². The molecule has 0 unspecified atom stereocenters. The van der Waals surface area contributed by atoms with Gasteiger partial charge < -0.3 is 4.74 Å². The topological polar surface area (TPSA) is 75.1 Å². The van der Waals surface area contributed by atoms with Gasteiger partial charge in [-0.2, -0.15) is 0 Å². The molecule has 0 spiro atoms. The molecule has 0 saturated heterocycles. The highest BCUT2D eigenvalue weighted by Gasteiger charge is 2.13. The SMILES string of the molecule is COC(=O)c1cccc(C#CCN=[N+]=[N-])c1F. The average molecular weight is 233 g/mol. The molecular weight excluding hydrogens is 225 g/mol. The third-order valence-corrected chi connectivity index (χ3v) is 1.84. The first-order valence-corrected chi connectivity index (χ1v) is 4.57. The number of nitrogens with zero attached hydrogens (tertiary/aromatic N) is 3. The maximum atomic E-state index is 13.7. The monoisotopic (exact) mass is 233 g/mol. The molecule has 6 heteroatoms. The second-order valence-electron chi connectivity index (χ2n) is 2.85. The average Bonchev–Trinajstić information content (AvgIpc) is 2.35. The van der Waals surface area contributed by atoms with Crippen molar-refractivity contribution < 1.29 is 13.9 Å². The smallest absolute Gasteiger partial charge is 0.340 e. The van der Waals surface area contributed by atoms with Crippen LogP contribution in [0.2, 0.25) is 0 Å². The standard InChI is InChI=1S/C11H8FN3O2/c1-17-11(16)9-6-2-4-8(10(9)12)5-3-7-14-15-13/h2,4,6H,7H2,1H3. The summed E-state index contributed by atoms with van der Waals surface area (Å²) in [5, 5.41) is 3.18. The van der Waals surface area contributed by atoms with Gasteiger partial charge in [0.2, 0.25) is 0 Å². The fraction of sp³-hybridized carbons (Fsp3) is 0.182. The van der Waals surface area contributed by atoms with Gasteiger partial charge >= 0.3 is 5.97 Å². The second kappa shape index (κ2) is 6.16. The highest BCUT2D eigenvalue weighted by atomic mass is 19.1. The number of ether oxygens (including phenoxy) is 1. The molecule has 0 atom stereocenters. The molecule has 0 radical (unpaired) electrons. The first-order chi connectivity index (χ1) is 8.20. The number of azide groups is 1. The van der Waals surface area contributed by atoms with E-state index in [0.29, 0.717) is 0 Å². The quantitative estimate of drug-likeness (QED) is 0.258. The van der Waals surface area contributed by atoms with E-state index in [1.54, 1.807) is 0 Å². The fourth-order valence-corrected chi connectivity index (χ4v) is 1.10. The van der Waals surface area contributed by atoms with Crippen molar-refractivity contribution in [2.45, 2.75) is 0 Å². The molecule has 1 aromatic carbocycles. The zero-order valence-corrected chi connectivity index (χ0v) is 8.98. The fourth-order valence-electron chi connectivity index (χ4n) is 1.10. The number of rotatable bonds is 2. The molecule has 0 fully saturated rings. The van der Waals surface area contributed by atoms with E-state index < -0.39 is 11.8 Å². The van der Waals surface area contributed by atoms with Crippen LogP contribution in [-0.2, 0) is 4.74 Å². The van der Waals surface area contributed by atoms with Crippen LogP contribution in [0.15, 0.2) is 23.3 Å². The van der Waals surface area contributed by atoms with Gasteiger partial charge in [0.05, 0.1) is 24.8 Å². The lowest BCUT2D eigenvalue weighted by Crippen LogP contribution is -2.05. The number of benzene rings is 1. The summed E-state index contributed by atoms with van der Waals surface area (Å²) in [6.07, 6.45) is 0. The summed E-state index contributed by atoms with van der Waals surface area (Å²) in [5.41, 5.74) is 7.90. The van der Waals surface area contributed by atoms with Gasteiger partial charge in [0, 0.05) is 4.91 Å². The predicted molar refractivity (Wildman–Crippen MR) is 58.6 cm³/mol. The first kappa shape index (κ1) is 12.6. The number of carbonyl (C=O) groups excluding carboxylic acids is 1. The summed E-state index contributed by atoms with van der Waals surface area (Å²) in [5.74, 6) is 3.43. The van der Waals surface area contributed by atoms with Gasteiger partial charge in [0.25, 0.3) is 0 Å². The number of esters is 1. The van der Waals surface area contributed by atoms with E-state index in [9.17, 15) is 9.18 Å². The Morgan fingerprint density at radius 1 is 1.65 bits per heavy atom. The number of halogens is 1. The second-order valence-corrected chi connectivity index (χ2v) is 2.85. The van der Waals surface area contributed by atoms with Gasteiger partial charge in [-0.05, 0) is 17.7 Å². The van der Waals surface area contributed by atoms with Crippen LogP contribution in [0.1, 0.15) is 15.9 Å². The minimum Gasteiger partial charge on any atom is -0.465 e. The van der Waals surface area contributed by atoms with Crippen LogP contribution >= 0.6 is 0 Å². The van der Waals surface area contributed by atoms with Crippen molar-refractivity contribution in [3.05, 3.63) is 45.6 Å². The number of hydrogen-bond donors (Lipinski definition) is 0. The van der Waals surface area contributed by atoms with E-state index in [-0.39, 0.29) is 17.7 Å². The number of hydrogen-bond acceptors (Lipinski definition) is 3. The zero-order valence-electron chi connectivity index (χ0n) is 8.98. The molecule has 5 nitrogen and oxygen atoms in total. The molecule has 0 heterocycles. The van der Waals surface area contributed by atoms with Gasteiger partial charge in [-0.1, -0.05) is 23.0 Å². The molecule has 0 bridgehead atoms. The molecule has 1 rings (SSSR count). The Labute approximate surface area is 96.8 Å². The molecule has 0 aliphatic heterocycles. The Morgan fingerprint density at radius 2 is 2.41 bits per heavy atom. The van der Waals surface area contributed by atoms with Crippen LogP contribution in [0.3, 0.4) is 0 Å². The number of carbonyl (C=O) groups is 1. The summed E-state index contributed by atoms with van der Waals surface area (Å²) in [6, 6.07) is 4.22. The normalized spacial score (nSPS) is 8.59. The van der Waals surface area contributed by atoms with Crippen LogP contribution in [0.4, 0.5) is 4.39 Å².